The third kappa shape index (κ3) is 2.94. The molecule has 2 aromatic rings. The molecule has 0 atom stereocenters. The third-order valence-corrected chi connectivity index (χ3v) is 3.76. The van der Waals surface area contributed by atoms with E-state index < -0.39 is 0 Å². The number of aromatic nitrogens is 3. The van der Waals surface area contributed by atoms with Gasteiger partial charge in [0.2, 0.25) is 0 Å². The van der Waals surface area contributed by atoms with E-state index in [1.165, 1.54) is 10.9 Å². The first-order valence-electron chi connectivity index (χ1n) is 4.59. The molecule has 7 heteroatoms. The average Bonchev–Trinajstić information content (AvgIpc) is 2.33. The zero-order valence-electron chi connectivity index (χ0n) is 8.40. The van der Waals surface area contributed by atoms with Crippen LogP contribution in [0.25, 0.3) is 0 Å². The van der Waals surface area contributed by atoms with Crippen molar-refractivity contribution in [3.05, 3.63) is 54.8 Å². The molecule has 0 amide bonds. The van der Waals surface area contributed by atoms with Gasteiger partial charge in [-0.1, -0.05) is 11.6 Å². The molecule has 0 saturated carbocycles. The SMILES string of the molecule is O=c1c(Br)c(Cl)ncn1Cc1ccc(Br)cn1. The summed E-state index contributed by atoms with van der Waals surface area (Å²) in [5.41, 5.74) is 0.543. The predicted octanol–water partition coefficient (Wildman–Crippen LogP) is 2.87. The Morgan fingerprint density at radius 3 is 2.71 bits per heavy atom. The van der Waals surface area contributed by atoms with Gasteiger partial charge in [-0.2, -0.15) is 0 Å². The molecule has 0 bridgehead atoms. The zero-order valence-corrected chi connectivity index (χ0v) is 12.3. The van der Waals surface area contributed by atoms with E-state index >= 15 is 0 Å². The summed E-state index contributed by atoms with van der Waals surface area (Å²) in [6.45, 7) is 0.356. The molecule has 0 radical (unpaired) electrons. The standard InChI is InChI=1S/C10H6Br2ClN3O/c11-6-1-2-7(14-3-6)4-16-5-15-9(13)8(12)10(16)17/h1-3,5H,4H2. The molecule has 0 spiro atoms. The van der Waals surface area contributed by atoms with Crippen molar-refractivity contribution in [2.75, 3.05) is 0 Å². The van der Waals surface area contributed by atoms with Crippen LogP contribution in [-0.2, 0) is 6.54 Å². The number of rotatable bonds is 2. The fourth-order valence-electron chi connectivity index (χ4n) is 1.23. The van der Waals surface area contributed by atoms with Crippen molar-refractivity contribution >= 4 is 43.5 Å². The van der Waals surface area contributed by atoms with E-state index in [0.29, 0.717) is 6.54 Å². The van der Waals surface area contributed by atoms with Crippen LogP contribution < -0.4 is 5.56 Å². The lowest BCUT2D eigenvalue weighted by Crippen LogP contribution is -2.22. The van der Waals surface area contributed by atoms with Crippen molar-refractivity contribution in [3.8, 4) is 0 Å². The predicted molar refractivity (Wildman–Crippen MR) is 72.2 cm³/mol. The Balaban J connectivity index is 2.34. The second-order valence-corrected chi connectivity index (χ2v) is 5.32. The molecule has 0 aliphatic rings. The Kier molecular flexibility index (Phi) is 3.96. The van der Waals surface area contributed by atoms with Gasteiger partial charge in [0, 0.05) is 10.7 Å². The van der Waals surface area contributed by atoms with E-state index in [4.69, 9.17) is 11.6 Å². The number of hydrogen-bond donors (Lipinski definition) is 0. The van der Waals surface area contributed by atoms with Gasteiger partial charge in [-0.15, -0.1) is 0 Å². The Bertz CT molecular complexity index is 597. The Morgan fingerprint density at radius 1 is 1.29 bits per heavy atom. The van der Waals surface area contributed by atoms with Crippen molar-refractivity contribution in [1.82, 2.24) is 14.5 Å². The number of hydrogen-bond acceptors (Lipinski definition) is 3. The highest BCUT2D eigenvalue weighted by Crippen LogP contribution is 2.14. The molecule has 0 N–H and O–H groups in total. The van der Waals surface area contributed by atoms with Crippen LogP contribution in [0.5, 0.6) is 0 Å². The first kappa shape index (κ1) is 12.7. The minimum atomic E-state index is -0.227. The largest absolute Gasteiger partial charge is 0.292 e. The smallest absolute Gasteiger partial charge is 0.269 e. The van der Waals surface area contributed by atoms with E-state index in [0.717, 1.165) is 10.2 Å². The van der Waals surface area contributed by atoms with Crippen LogP contribution >= 0.6 is 43.5 Å². The van der Waals surface area contributed by atoms with E-state index in [9.17, 15) is 4.79 Å². The number of halogens is 3. The fraction of sp³-hybridized carbons (Fsp3) is 0.100. The topological polar surface area (TPSA) is 47.8 Å². The summed E-state index contributed by atoms with van der Waals surface area (Å²) in [5, 5.41) is 0.162. The van der Waals surface area contributed by atoms with Gasteiger partial charge >= 0.3 is 0 Å². The van der Waals surface area contributed by atoms with Gasteiger partial charge in [-0.05, 0) is 44.0 Å². The van der Waals surface area contributed by atoms with Crippen molar-refractivity contribution < 1.29 is 0 Å². The number of nitrogens with zero attached hydrogens (tertiary/aromatic N) is 3. The minimum absolute atomic E-state index is 0.162. The van der Waals surface area contributed by atoms with Crippen molar-refractivity contribution in [3.63, 3.8) is 0 Å². The average molecular weight is 379 g/mol. The van der Waals surface area contributed by atoms with Crippen LogP contribution in [-0.4, -0.2) is 14.5 Å². The molecule has 0 fully saturated rings. The fourth-order valence-corrected chi connectivity index (χ4v) is 1.92. The van der Waals surface area contributed by atoms with E-state index in [1.807, 2.05) is 12.1 Å². The second-order valence-electron chi connectivity index (χ2n) is 3.25. The Labute approximate surface area is 119 Å². The van der Waals surface area contributed by atoms with Gasteiger partial charge in [-0.25, -0.2) is 4.98 Å². The summed E-state index contributed by atoms with van der Waals surface area (Å²) < 4.78 is 2.59. The molecular weight excluding hydrogens is 373 g/mol. The van der Waals surface area contributed by atoms with Gasteiger partial charge in [-0.3, -0.25) is 14.3 Å². The number of pyridine rings is 1. The lowest BCUT2D eigenvalue weighted by atomic mass is 10.3. The first-order chi connectivity index (χ1) is 8.08. The van der Waals surface area contributed by atoms with Crippen LogP contribution in [0, 0.1) is 0 Å². The van der Waals surface area contributed by atoms with Crippen molar-refractivity contribution in [2.45, 2.75) is 6.54 Å². The summed E-state index contributed by atoms with van der Waals surface area (Å²) in [6, 6.07) is 3.70. The molecule has 0 unspecified atom stereocenters. The van der Waals surface area contributed by atoms with Crippen LogP contribution in [0.15, 0.2) is 38.4 Å². The monoisotopic (exact) mass is 377 g/mol. The molecule has 0 aromatic carbocycles. The van der Waals surface area contributed by atoms with E-state index in [2.05, 4.69) is 41.8 Å². The highest BCUT2D eigenvalue weighted by atomic mass is 79.9. The van der Waals surface area contributed by atoms with Crippen LogP contribution in [0.2, 0.25) is 5.15 Å². The molecule has 2 aromatic heterocycles. The first-order valence-corrected chi connectivity index (χ1v) is 6.55. The normalized spacial score (nSPS) is 10.5. The van der Waals surface area contributed by atoms with Gasteiger partial charge in [0.15, 0.2) is 5.15 Å². The summed E-state index contributed by atoms with van der Waals surface area (Å²) >= 11 is 12.1. The maximum Gasteiger partial charge on any atom is 0.269 e. The molecule has 4 nitrogen and oxygen atoms in total. The maximum absolute atomic E-state index is 11.8. The van der Waals surface area contributed by atoms with Crippen LogP contribution in [0.4, 0.5) is 0 Å². The van der Waals surface area contributed by atoms with E-state index in [-0.39, 0.29) is 15.2 Å². The quantitative estimate of drug-likeness (QED) is 0.754. The minimum Gasteiger partial charge on any atom is -0.292 e. The van der Waals surface area contributed by atoms with Crippen molar-refractivity contribution in [2.24, 2.45) is 0 Å². The zero-order chi connectivity index (χ0) is 12.4. The maximum atomic E-state index is 11.8. The third-order valence-electron chi connectivity index (χ3n) is 2.06. The Morgan fingerprint density at radius 2 is 2.06 bits per heavy atom. The summed E-state index contributed by atoms with van der Waals surface area (Å²) in [5.74, 6) is 0. The highest BCUT2D eigenvalue weighted by molar-refractivity contribution is 9.10. The van der Waals surface area contributed by atoms with Crippen LogP contribution in [0.1, 0.15) is 5.69 Å². The molecular formula is C10H6Br2ClN3O. The lowest BCUT2D eigenvalue weighted by molar-refractivity contribution is 0.714. The van der Waals surface area contributed by atoms with Gasteiger partial charge in [0.1, 0.15) is 4.47 Å². The second kappa shape index (κ2) is 5.29. The molecule has 0 aliphatic heterocycles. The van der Waals surface area contributed by atoms with Gasteiger partial charge < -0.3 is 0 Å². The summed E-state index contributed by atoms with van der Waals surface area (Å²) in [6.07, 6.45) is 3.08. The van der Waals surface area contributed by atoms with E-state index in [1.54, 1.807) is 6.20 Å². The van der Waals surface area contributed by atoms with Gasteiger partial charge in [0.25, 0.3) is 5.56 Å². The molecule has 2 rings (SSSR count). The molecule has 2 heterocycles. The lowest BCUT2D eigenvalue weighted by Gasteiger charge is -2.05. The Hall–Kier alpha value is -0.720. The van der Waals surface area contributed by atoms with Crippen molar-refractivity contribution in [1.29, 1.82) is 0 Å². The molecule has 88 valence electrons. The van der Waals surface area contributed by atoms with Gasteiger partial charge in [0.05, 0.1) is 18.6 Å². The molecule has 0 aliphatic carbocycles. The summed E-state index contributed by atoms with van der Waals surface area (Å²) in [7, 11) is 0. The van der Waals surface area contributed by atoms with Crippen LogP contribution in [0.3, 0.4) is 0 Å². The molecule has 17 heavy (non-hydrogen) atoms. The summed E-state index contributed by atoms with van der Waals surface area (Å²) in [4.78, 5) is 19.9. The molecule has 0 saturated heterocycles. The highest BCUT2D eigenvalue weighted by Gasteiger charge is 2.07.